The number of benzene rings is 1. The first-order valence-corrected chi connectivity index (χ1v) is 6.16. The Balaban J connectivity index is 2.25. The van der Waals surface area contributed by atoms with E-state index >= 15 is 0 Å². The molecule has 0 radical (unpaired) electrons. The highest BCUT2D eigenvalue weighted by Crippen LogP contribution is 2.27. The van der Waals surface area contributed by atoms with Crippen LogP contribution in [0.1, 0.15) is 11.3 Å². The smallest absolute Gasteiger partial charge is 0.145 e. The molecule has 2 rings (SSSR count). The molecule has 0 aliphatic heterocycles. The number of ether oxygens (including phenoxy) is 1. The predicted octanol–water partition coefficient (Wildman–Crippen LogP) is 3.34. The summed E-state index contributed by atoms with van der Waals surface area (Å²) in [6, 6.07) is 9.34. The predicted molar refractivity (Wildman–Crippen MR) is 73.3 cm³/mol. The molecule has 18 heavy (non-hydrogen) atoms. The van der Waals surface area contributed by atoms with E-state index in [2.05, 4.69) is 4.98 Å². The third-order valence-corrected chi connectivity index (χ3v) is 2.78. The number of pyridine rings is 1. The molecule has 0 spiro atoms. The van der Waals surface area contributed by atoms with Gasteiger partial charge >= 0.3 is 0 Å². The Labute approximate surface area is 112 Å². The summed E-state index contributed by atoms with van der Waals surface area (Å²) in [6.07, 6.45) is 2.44. The van der Waals surface area contributed by atoms with E-state index in [-0.39, 0.29) is 0 Å². The highest BCUT2D eigenvalue weighted by Gasteiger charge is 2.05. The number of nitrogens with zero attached hydrogens (tertiary/aromatic N) is 1. The number of aryl methyl sites for hydroxylation is 1. The van der Waals surface area contributed by atoms with E-state index in [0.29, 0.717) is 17.3 Å². The number of hydrogen-bond donors (Lipinski definition) is 1. The summed E-state index contributed by atoms with van der Waals surface area (Å²) in [7, 11) is 0. The zero-order valence-corrected chi connectivity index (χ0v) is 10.9. The minimum absolute atomic E-state index is 0.558. The Kier molecular flexibility index (Phi) is 4.18. The molecule has 0 saturated heterocycles. The molecule has 1 heterocycles. The molecule has 2 aromatic rings. The highest BCUT2D eigenvalue weighted by molar-refractivity contribution is 6.30. The average Bonchev–Trinajstić information content (AvgIpc) is 2.36. The van der Waals surface area contributed by atoms with E-state index in [9.17, 15) is 0 Å². The lowest BCUT2D eigenvalue weighted by molar-refractivity contribution is 0.473. The maximum atomic E-state index is 5.97. The van der Waals surface area contributed by atoms with Gasteiger partial charge in [0, 0.05) is 10.7 Å². The van der Waals surface area contributed by atoms with Gasteiger partial charge in [-0.2, -0.15) is 0 Å². The molecule has 4 heteroatoms. The van der Waals surface area contributed by atoms with Crippen LogP contribution in [0.15, 0.2) is 36.5 Å². The molecular formula is C14H15ClN2O. The maximum absolute atomic E-state index is 5.97. The zero-order valence-electron chi connectivity index (χ0n) is 10.2. The molecule has 2 N–H and O–H groups in total. The third kappa shape index (κ3) is 3.22. The summed E-state index contributed by atoms with van der Waals surface area (Å²) in [6.45, 7) is 2.49. The van der Waals surface area contributed by atoms with Gasteiger partial charge in [0.2, 0.25) is 0 Å². The molecule has 1 aromatic carbocycles. The number of aromatic nitrogens is 1. The minimum atomic E-state index is 0.558. The van der Waals surface area contributed by atoms with Gasteiger partial charge in [-0.3, -0.25) is 4.98 Å². The lowest BCUT2D eigenvalue weighted by atomic mass is 10.1. The number of halogens is 1. The van der Waals surface area contributed by atoms with Gasteiger partial charge in [-0.05, 0) is 55.8 Å². The summed E-state index contributed by atoms with van der Waals surface area (Å²) >= 11 is 5.97. The van der Waals surface area contributed by atoms with E-state index in [1.807, 2.05) is 31.2 Å². The normalized spacial score (nSPS) is 10.4. The summed E-state index contributed by atoms with van der Waals surface area (Å²) in [4.78, 5) is 4.19. The minimum Gasteiger partial charge on any atom is -0.455 e. The fourth-order valence-electron chi connectivity index (χ4n) is 1.64. The Morgan fingerprint density at radius 3 is 2.78 bits per heavy atom. The Morgan fingerprint density at radius 1 is 1.28 bits per heavy atom. The Morgan fingerprint density at radius 2 is 2.11 bits per heavy atom. The van der Waals surface area contributed by atoms with Gasteiger partial charge in [0.05, 0.1) is 6.20 Å². The van der Waals surface area contributed by atoms with Crippen LogP contribution in [0.4, 0.5) is 0 Å². The molecule has 0 saturated carbocycles. The van der Waals surface area contributed by atoms with Crippen molar-refractivity contribution in [2.24, 2.45) is 5.73 Å². The van der Waals surface area contributed by atoms with Crippen molar-refractivity contribution in [3.63, 3.8) is 0 Å². The van der Waals surface area contributed by atoms with Gasteiger partial charge in [-0.15, -0.1) is 0 Å². The van der Waals surface area contributed by atoms with Gasteiger partial charge in [0.1, 0.15) is 11.5 Å². The van der Waals surface area contributed by atoms with Crippen LogP contribution < -0.4 is 10.5 Å². The SMILES string of the molecule is Cc1ccc(Oc2ccc(Cl)cc2CCN)cn1. The maximum Gasteiger partial charge on any atom is 0.145 e. The molecule has 0 aliphatic rings. The van der Waals surface area contributed by atoms with E-state index in [4.69, 9.17) is 22.1 Å². The summed E-state index contributed by atoms with van der Waals surface area (Å²) in [5.74, 6) is 1.48. The number of nitrogens with two attached hydrogens (primary N) is 1. The van der Waals surface area contributed by atoms with Crippen molar-refractivity contribution in [1.29, 1.82) is 0 Å². The van der Waals surface area contributed by atoms with Crippen LogP contribution in [0.3, 0.4) is 0 Å². The molecule has 1 aromatic heterocycles. The van der Waals surface area contributed by atoms with Crippen LogP contribution >= 0.6 is 11.6 Å². The standard InChI is InChI=1S/C14H15ClN2O/c1-10-2-4-13(9-17-10)18-14-5-3-12(15)8-11(14)6-7-16/h2-5,8-9H,6-7,16H2,1H3. The van der Waals surface area contributed by atoms with Crippen molar-refractivity contribution < 1.29 is 4.74 Å². The lowest BCUT2D eigenvalue weighted by Gasteiger charge is -2.11. The molecule has 0 atom stereocenters. The second-order valence-corrected chi connectivity index (χ2v) is 4.46. The average molecular weight is 263 g/mol. The van der Waals surface area contributed by atoms with Gasteiger partial charge in [-0.1, -0.05) is 11.6 Å². The van der Waals surface area contributed by atoms with Gasteiger partial charge < -0.3 is 10.5 Å². The van der Waals surface area contributed by atoms with Gasteiger partial charge in [0.25, 0.3) is 0 Å². The molecule has 0 unspecified atom stereocenters. The van der Waals surface area contributed by atoms with Crippen LogP contribution in [-0.4, -0.2) is 11.5 Å². The topological polar surface area (TPSA) is 48.1 Å². The van der Waals surface area contributed by atoms with Crippen molar-refractivity contribution >= 4 is 11.6 Å². The fourth-order valence-corrected chi connectivity index (χ4v) is 1.83. The zero-order chi connectivity index (χ0) is 13.0. The number of hydrogen-bond acceptors (Lipinski definition) is 3. The number of rotatable bonds is 4. The van der Waals surface area contributed by atoms with Crippen LogP contribution in [0.5, 0.6) is 11.5 Å². The van der Waals surface area contributed by atoms with Crippen molar-refractivity contribution in [3.05, 3.63) is 52.8 Å². The van der Waals surface area contributed by atoms with Gasteiger partial charge in [0.15, 0.2) is 0 Å². The largest absolute Gasteiger partial charge is 0.455 e. The monoisotopic (exact) mass is 262 g/mol. The third-order valence-electron chi connectivity index (χ3n) is 2.55. The van der Waals surface area contributed by atoms with Crippen molar-refractivity contribution in [2.75, 3.05) is 6.54 Å². The van der Waals surface area contributed by atoms with Crippen molar-refractivity contribution in [3.8, 4) is 11.5 Å². The van der Waals surface area contributed by atoms with Crippen LogP contribution in [-0.2, 0) is 6.42 Å². The van der Waals surface area contributed by atoms with Crippen molar-refractivity contribution in [1.82, 2.24) is 4.98 Å². The van der Waals surface area contributed by atoms with E-state index < -0.39 is 0 Å². The first kappa shape index (κ1) is 12.9. The molecule has 0 aliphatic carbocycles. The molecule has 0 fully saturated rings. The second-order valence-electron chi connectivity index (χ2n) is 4.03. The molecule has 0 bridgehead atoms. The van der Waals surface area contributed by atoms with E-state index in [1.165, 1.54) is 0 Å². The molecule has 0 amide bonds. The van der Waals surface area contributed by atoms with Crippen LogP contribution in [0, 0.1) is 6.92 Å². The second kappa shape index (κ2) is 5.85. The van der Waals surface area contributed by atoms with Crippen molar-refractivity contribution in [2.45, 2.75) is 13.3 Å². The first-order chi connectivity index (χ1) is 8.69. The van der Waals surface area contributed by atoms with Crippen LogP contribution in [0.2, 0.25) is 5.02 Å². The summed E-state index contributed by atoms with van der Waals surface area (Å²) in [5.41, 5.74) is 7.55. The fraction of sp³-hybridized carbons (Fsp3) is 0.214. The molecule has 94 valence electrons. The lowest BCUT2D eigenvalue weighted by Crippen LogP contribution is -2.04. The first-order valence-electron chi connectivity index (χ1n) is 5.78. The molecular weight excluding hydrogens is 248 g/mol. The molecule has 3 nitrogen and oxygen atoms in total. The summed E-state index contributed by atoms with van der Waals surface area (Å²) < 4.78 is 5.80. The van der Waals surface area contributed by atoms with Crippen LogP contribution in [0.25, 0.3) is 0 Å². The highest BCUT2D eigenvalue weighted by atomic mass is 35.5. The van der Waals surface area contributed by atoms with E-state index in [0.717, 1.165) is 23.4 Å². The summed E-state index contributed by atoms with van der Waals surface area (Å²) in [5, 5.41) is 0.688. The quantitative estimate of drug-likeness (QED) is 0.919. The Hall–Kier alpha value is -1.58. The van der Waals surface area contributed by atoms with Gasteiger partial charge in [-0.25, -0.2) is 0 Å². The van der Waals surface area contributed by atoms with E-state index in [1.54, 1.807) is 12.3 Å². The Bertz CT molecular complexity index is 526.